The largest absolute Gasteiger partial charge is 0.497 e. The van der Waals surface area contributed by atoms with Crippen LogP contribution < -0.4 is 14.8 Å². The van der Waals surface area contributed by atoms with Gasteiger partial charge in [0.1, 0.15) is 11.5 Å². The van der Waals surface area contributed by atoms with Crippen molar-refractivity contribution in [2.75, 3.05) is 20.3 Å². The Hall–Kier alpha value is -2.50. The van der Waals surface area contributed by atoms with Gasteiger partial charge in [-0.15, -0.1) is 0 Å². The molecule has 2 aromatic rings. The molecule has 0 unspecified atom stereocenters. The minimum Gasteiger partial charge on any atom is -0.497 e. The van der Waals surface area contributed by atoms with E-state index >= 15 is 0 Å². The van der Waals surface area contributed by atoms with E-state index in [2.05, 4.69) is 10.4 Å². The molecule has 1 atom stereocenters. The van der Waals surface area contributed by atoms with Gasteiger partial charge in [0.05, 0.1) is 19.9 Å². The lowest BCUT2D eigenvalue weighted by Gasteiger charge is -2.25. The Kier molecular flexibility index (Phi) is 5.03. The molecule has 0 radical (unpaired) electrons. The summed E-state index contributed by atoms with van der Waals surface area (Å²) in [5, 5.41) is 7.18. The zero-order valence-corrected chi connectivity index (χ0v) is 14.1. The molecule has 1 amide bonds. The van der Waals surface area contributed by atoms with Gasteiger partial charge in [-0.25, -0.2) is 0 Å². The molecule has 1 aromatic carbocycles. The van der Waals surface area contributed by atoms with Gasteiger partial charge in [0, 0.05) is 37.7 Å². The molecule has 24 heavy (non-hydrogen) atoms. The highest BCUT2D eigenvalue weighted by atomic mass is 16.5. The van der Waals surface area contributed by atoms with E-state index < -0.39 is 0 Å². The van der Waals surface area contributed by atoms with Crippen LogP contribution in [-0.4, -0.2) is 35.9 Å². The summed E-state index contributed by atoms with van der Waals surface area (Å²) in [7, 11) is 1.65. The summed E-state index contributed by atoms with van der Waals surface area (Å²) in [4.78, 5) is 12.0. The summed E-state index contributed by atoms with van der Waals surface area (Å²) in [6.45, 7) is 3.82. The molecule has 0 saturated carbocycles. The predicted molar refractivity (Wildman–Crippen MR) is 90.3 cm³/mol. The quantitative estimate of drug-likeness (QED) is 0.880. The molecule has 1 aromatic heterocycles. The van der Waals surface area contributed by atoms with Crippen LogP contribution in [0.25, 0.3) is 0 Å². The van der Waals surface area contributed by atoms with Crippen LogP contribution in [0.2, 0.25) is 0 Å². The maximum Gasteiger partial charge on any atom is 0.221 e. The lowest BCUT2D eigenvalue weighted by atomic mass is 9.96. The molecule has 0 spiro atoms. The first kappa shape index (κ1) is 16.4. The Labute approximate surface area is 141 Å². The lowest BCUT2D eigenvalue weighted by molar-refractivity contribution is -0.121. The van der Waals surface area contributed by atoms with Crippen molar-refractivity contribution in [2.45, 2.75) is 26.3 Å². The molecule has 2 heterocycles. The standard InChI is InChI=1S/C18H23N3O3/c1-13-9-20-21(11-13)6-5-18(22)19-10-14-7-15-3-4-16(23-2)8-17(15)24-12-14/h3-4,8-9,11,14H,5-7,10,12H2,1-2H3,(H,19,22)/t14-/m0/s1. The summed E-state index contributed by atoms with van der Waals surface area (Å²) >= 11 is 0. The van der Waals surface area contributed by atoms with Gasteiger partial charge in [-0.05, 0) is 30.5 Å². The number of hydrogen-bond donors (Lipinski definition) is 1. The van der Waals surface area contributed by atoms with Crippen LogP contribution in [0.4, 0.5) is 0 Å². The number of hydrogen-bond acceptors (Lipinski definition) is 4. The van der Waals surface area contributed by atoms with Crippen molar-refractivity contribution in [1.82, 2.24) is 15.1 Å². The number of ether oxygens (including phenoxy) is 2. The Morgan fingerprint density at radius 2 is 2.38 bits per heavy atom. The Morgan fingerprint density at radius 1 is 1.50 bits per heavy atom. The molecule has 1 N–H and O–H groups in total. The highest BCUT2D eigenvalue weighted by molar-refractivity contribution is 5.75. The molecule has 1 aliphatic rings. The number of rotatable bonds is 6. The second-order valence-corrected chi connectivity index (χ2v) is 6.19. The zero-order chi connectivity index (χ0) is 16.9. The van der Waals surface area contributed by atoms with Crippen LogP contribution in [0.3, 0.4) is 0 Å². The van der Waals surface area contributed by atoms with Crippen LogP contribution in [0.15, 0.2) is 30.6 Å². The van der Waals surface area contributed by atoms with E-state index in [1.165, 1.54) is 0 Å². The first-order valence-corrected chi connectivity index (χ1v) is 8.19. The Bertz CT molecular complexity index is 711. The first-order chi connectivity index (χ1) is 11.6. The fraction of sp³-hybridized carbons (Fsp3) is 0.444. The number of nitrogens with zero attached hydrogens (tertiary/aromatic N) is 2. The van der Waals surface area contributed by atoms with E-state index in [1.807, 2.05) is 31.3 Å². The second-order valence-electron chi connectivity index (χ2n) is 6.19. The third-order valence-electron chi connectivity index (χ3n) is 4.18. The van der Waals surface area contributed by atoms with Gasteiger partial charge in [-0.3, -0.25) is 9.48 Å². The Balaban J connectivity index is 1.44. The molecule has 6 nitrogen and oxygen atoms in total. The third kappa shape index (κ3) is 4.07. The van der Waals surface area contributed by atoms with E-state index in [4.69, 9.17) is 9.47 Å². The molecule has 0 saturated heterocycles. The van der Waals surface area contributed by atoms with Gasteiger partial charge in [0.15, 0.2) is 0 Å². The fourth-order valence-corrected chi connectivity index (χ4v) is 2.83. The smallest absolute Gasteiger partial charge is 0.221 e. The topological polar surface area (TPSA) is 65.4 Å². The van der Waals surface area contributed by atoms with Gasteiger partial charge >= 0.3 is 0 Å². The first-order valence-electron chi connectivity index (χ1n) is 8.19. The number of carbonyl (C=O) groups is 1. The van der Waals surface area contributed by atoms with Crippen molar-refractivity contribution in [3.63, 3.8) is 0 Å². The van der Waals surface area contributed by atoms with Crippen molar-refractivity contribution in [2.24, 2.45) is 5.92 Å². The molecule has 6 heteroatoms. The molecule has 0 bridgehead atoms. The maximum absolute atomic E-state index is 12.0. The molecule has 0 aliphatic carbocycles. The van der Waals surface area contributed by atoms with E-state index in [0.717, 1.165) is 29.0 Å². The summed E-state index contributed by atoms with van der Waals surface area (Å²) in [6, 6.07) is 5.88. The van der Waals surface area contributed by atoms with Crippen molar-refractivity contribution in [1.29, 1.82) is 0 Å². The molecular formula is C18H23N3O3. The van der Waals surface area contributed by atoms with Gasteiger partial charge in [-0.1, -0.05) is 6.07 Å². The van der Waals surface area contributed by atoms with Crippen molar-refractivity contribution in [3.05, 3.63) is 41.7 Å². The molecular weight excluding hydrogens is 306 g/mol. The minimum absolute atomic E-state index is 0.0451. The lowest BCUT2D eigenvalue weighted by Crippen LogP contribution is -2.35. The highest BCUT2D eigenvalue weighted by Crippen LogP contribution is 2.30. The normalized spacial score (nSPS) is 16.2. The zero-order valence-electron chi connectivity index (χ0n) is 14.1. The van der Waals surface area contributed by atoms with Gasteiger partial charge in [-0.2, -0.15) is 5.10 Å². The van der Waals surface area contributed by atoms with Gasteiger partial charge in [0.2, 0.25) is 5.91 Å². The summed E-state index contributed by atoms with van der Waals surface area (Å²) in [6.07, 6.45) is 5.07. The monoisotopic (exact) mass is 329 g/mol. The highest BCUT2D eigenvalue weighted by Gasteiger charge is 2.20. The van der Waals surface area contributed by atoms with Crippen molar-refractivity contribution >= 4 is 5.91 Å². The Morgan fingerprint density at radius 3 is 3.12 bits per heavy atom. The molecule has 0 fully saturated rings. The number of aryl methyl sites for hydroxylation is 2. The van der Waals surface area contributed by atoms with E-state index in [9.17, 15) is 4.79 Å². The number of methoxy groups -OCH3 is 1. The SMILES string of the molecule is COc1ccc2c(c1)OC[C@H](CNC(=O)CCn1cc(C)cn1)C2. The van der Waals surface area contributed by atoms with E-state index in [1.54, 1.807) is 18.0 Å². The average molecular weight is 329 g/mol. The molecule has 128 valence electrons. The van der Waals surface area contributed by atoms with Gasteiger partial charge in [0.25, 0.3) is 0 Å². The molecule has 3 rings (SSSR count). The number of nitrogens with one attached hydrogen (secondary N) is 1. The van der Waals surface area contributed by atoms with Crippen LogP contribution in [0.5, 0.6) is 11.5 Å². The summed E-state index contributed by atoms with van der Waals surface area (Å²) < 4.78 is 12.8. The van der Waals surface area contributed by atoms with Crippen LogP contribution >= 0.6 is 0 Å². The third-order valence-corrected chi connectivity index (χ3v) is 4.18. The van der Waals surface area contributed by atoms with Crippen molar-refractivity contribution < 1.29 is 14.3 Å². The van der Waals surface area contributed by atoms with E-state index in [-0.39, 0.29) is 5.91 Å². The van der Waals surface area contributed by atoms with Crippen LogP contribution in [0, 0.1) is 12.8 Å². The number of carbonyl (C=O) groups excluding carboxylic acids is 1. The number of aromatic nitrogens is 2. The number of fused-ring (bicyclic) bond motifs is 1. The minimum atomic E-state index is 0.0451. The van der Waals surface area contributed by atoms with Gasteiger partial charge < -0.3 is 14.8 Å². The second kappa shape index (κ2) is 7.38. The number of benzene rings is 1. The summed E-state index contributed by atoms with van der Waals surface area (Å²) in [5.41, 5.74) is 2.26. The summed E-state index contributed by atoms with van der Waals surface area (Å²) in [5.74, 6) is 2.02. The number of amides is 1. The fourth-order valence-electron chi connectivity index (χ4n) is 2.83. The van der Waals surface area contributed by atoms with Crippen LogP contribution in [0.1, 0.15) is 17.5 Å². The molecule has 1 aliphatic heterocycles. The van der Waals surface area contributed by atoms with Crippen molar-refractivity contribution in [3.8, 4) is 11.5 Å². The predicted octanol–water partition coefficient (Wildman–Crippen LogP) is 1.96. The van der Waals surface area contributed by atoms with E-state index in [0.29, 0.717) is 32.0 Å². The maximum atomic E-state index is 12.0. The van der Waals surface area contributed by atoms with Crippen LogP contribution in [-0.2, 0) is 17.8 Å². The average Bonchev–Trinajstić information content (AvgIpc) is 3.02.